The van der Waals surface area contributed by atoms with Crippen molar-refractivity contribution in [2.75, 3.05) is 26.7 Å². The van der Waals surface area contributed by atoms with Crippen LogP contribution < -0.4 is 5.32 Å². The summed E-state index contributed by atoms with van der Waals surface area (Å²) in [5.74, 6) is -0.301. The van der Waals surface area contributed by atoms with Gasteiger partial charge >= 0.3 is 0 Å². The molecule has 1 aromatic rings. The van der Waals surface area contributed by atoms with E-state index in [1.54, 1.807) is 4.90 Å². The van der Waals surface area contributed by atoms with Crippen LogP contribution >= 0.6 is 0 Å². The molecular formula is C19H26FN3O4S. The van der Waals surface area contributed by atoms with Gasteiger partial charge in [-0.1, -0.05) is 6.42 Å². The Kier molecular flexibility index (Phi) is 6.34. The second-order valence-electron chi connectivity index (χ2n) is 7.52. The summed E-state index contributed by atoms with van der Waals surface area (Å²) in [6.07, 6.45) is 3.65. The quantitative estimate of drug-likeness (QED) is 0.700. The number of benzene rings is 1. The number of nitrogens with one attached hydrogen (secondary N) is 1. The molecule has 2 aliphatic rings. The topological polar surface area (TPSA) is 86.8 Å². The molecule has 1 N–H and O–H groups in total. The molecule has 1 aliphatic heterocycles. The first kappa shape index (κ1) is 20.7. The highest BCUT2D eigenvalue weighted by Gasteiger charge is 2.34. The zero-order valence-electron chi connectivity index (χ0n) is 15.9. The Morgan fingerprint density at radius 3 is 2.43 bits per heavy atom. The number of halogens is 1. The van der Waals surface area contributed by atoms with Gasteiger partial charge in [0.1, 0.15) is 5.82 Å². The molecule has 0 bridgehead atoms. The predicted molar refractivity (Wildman–Crippen MR) is 101 cm³/mol. The second-order valence-corrected chi connectivity index (χ2v) is 9.56. The number of carbonyl (C=O) groups is 2. The number of rotatable bonds is 8. The molecule has 1 aliphatic carbocycles. The molecule has 0 aromatic heterocycles. The summed E-state index contributed by atoms with van der Waals surface area (Å²) in [7, 11) is -2.26. The number of hydrogen-bond acceptors (Lipinski definition) is 4. The van der Waals surface area contributed by atoms with E-state index in [2.05, 4.69) is 5.32 Å². The van der Waals surface area contributed by atoms with Crippen LogP contribution in [0.25, 0.3) is 0 Å². The maximum atomic E-state index is 13.0. The van der Waals surface area contributed by atoms with Crippen LogP contribution in [0.15, 0.2) is 29.2 Å². The van der Waals surface area contributed by atoms with Crippen molar-refractivity contribution in [3.05, 3.63) is 30.1 Å². The van der Waals surface area contributed by atoms with E-state index in [0.717, 1.165) is 31.4 Å². The number of nitrogens with zero attached hydrogens (tertiary/aromatic N) is 2. The largest absolute Gasteiger partial charge is 0.350 e. The Bertz CT molecular complexity index is 818. The lowest BCUT2D eigenvalue weighted by Crippen LogP contribution is -2.61. The minimum absolute atomic E-state index is 0.0236. The zero-order chi connectivity index (χ0) is 20.3. The Labute approximate surface area is 164 Å². The van der Waals surface area contributed by atoms with E-state index in [-0.39, 0.29) is 41.6 Å². The average molecular weight is 411 g/mol. The van der Waals surface area contributed by atoms with Crippen molar-refractivity contribution < 1.29 is 22.4 Å². The Morgan fingerprint density at radius 1 is 1.21 bits per heavy atom. The van der Waals surface area contributed by atoms with Crippen LogP contribution in [-0.2, 0) is 19.6 Å². The van der Waals surface area contributed by atoms with Gasteiger partial charge in [-0.15, -0.1) is 0 Å². The van der Waals surface area contributed by atoms with E-state index >= 15 is 0 Å². The summed E-state index contributed by atoms with van der Waals surface area (Å²) in [4.78, 5) is 25.8. The Morgan fingerprint density at radius 2 is 1.86 bits per heavy atom. The molecule has 1 heterocycles. The minimum Gasteiger partial charge on any atom is -0.350 e. The van der Waals surface area contributed by atoms with Crippen LogP contribution in [-0.4, -0.2) is 62.2 Å². The third kappa shape index (κ3) is 4.70. The van der Waals surface area contributed by atoms with E-state index in [4.69, 9.17) is 0 Å². The summed E-state index contributed by atoms with van der Waals surface area (Å²) in [5, 5.41) is 2.97. The van der Waals surface area contributed by atoms with Gasteiger partial charge in [-0.2, -0.15) is 0 Å². The van der Waals surface area contributed by atoms with E-state index in [9.17, 15) is 22.4 Å². The molecule has 0 radical (unpaired) electrons. The fourth-order valence-electron chi connectivity index (χ4n) is 3.28. The summed E-state index contributed by atoms with van der Waals surface area (Å²) in [5.41, 5.74) is 0. The van der Waals surface area contributed by atoms with Crippen LogP contribution in [0, 0.1) is 11.7 Å². The van der Waals surface area contributed by atoms with Gasteiger partial charge in [-0.25, -0.2) is 17.1 Å². The molecular weight excluding hydrogens is 385 g/mol. The van der Waals surface area contributed by atoms with E-state index in [1.165, 1.54) is 23.5 Å². The first-order valence-electron chi connectivity index (χ1n) is 9.57. The number of likely N-dealkylation sites (tertiary alicyclic amines) is 1. The highest BCUT2D eigenvalue weighted by Crippen LogP contribution is 2.26. The van der Waals surface area contributed by atoms with Crippen molar-refractivity contribution in [3.63, 3.8) is 0 Å². The van der Waals surface area contributed by atoms with Gasteiger partial charge in [0.2, 0.25) is 21.8 Å². The van der Waals surface area contributed by atoms with E-state index in [1.807, 2.05) is 0 Å². The number of carbonyl (C=O) groups excluding carboxylic acids is 2. The lowest BCUT2D eigenvalue weighted by atomic mass is 9.84. The van der Waals surface area contributed by atoms with Crippen LogP contribution in [0.5, 0.6) is 0 Å². The molecule has 0 unspecified atom stereocenters. The molecule has 0 atom stereocenters. The first-order chi connectivity index (χ1) is 13.3. The van der Waals surface area contributed by atoms with Crippen LogP contribution in [0.3, 0.4) is 0 Å². The van der Waals surface area contributed by atoms with Gasteiger partial charge in [-0.05, 0) is 43.5 Å². The zero-order valence-corrected chi connectivity index (χ0v) is 16.8. The third-order valence-corrected chi connectivity index (χ3v) is 7.31. The Balaban J connectivity index is 1.37. The lowest BCUT2D eigenvalue weighted by molar-refractivity contribution is -0.139. The number of amides is 2. The predicted octanol–water partition coefficient (Wildman–Crippen LogP) is 1.35. The summed E-state index contributed by atoms with van der Waals surface area (Å²) in [6, 6.07) is 4.69. The molecule has 2 amide bonds. The summed E-state index contributed by atoms with van der Waals surface area (Å²) < 4.78 is 39.0. The standard InChI is InChI=1S/C19H26FN3O4S/c1-22(28(26,27)17-9-7-15(20)8-10-17)11-3-6-18(24)23-12-16(13-23)21-19(25)14-4-2-5-14/h7-10,14,16H,2-6,11-13H2,1H3,(H,21,25). The molecule has 0 spiro atoms. The van der Waals surface area contributed by atoms with Gasteiger partial charge in [0, 0.05) is 39.0 Å². The van der Waals surface area contributed by atoms with Gasteiger partial charge in [0.25, 0.3) is 0 Å². The molecule has 154 valence electrons. The fourth-order valence-corrected chi connectivity index (χ4v) is 4.49. The van der Waals surface area contributed by atoms with Crippen molar-refractivity contribution in [2.45, 2.75) is 43.0 Å². The van der Waals surface area contributed by atoms with Crippen molar-refractivity contribution in [1.29, 1.82) is 0 Å². The van der Waals surface area contributed by atoms with Gasteiger partial charge in [-0.3, -0.25) is 9.59 Å². The summed E-state index contributed by atoms with van der Waals surface area (Å²) >= 11 is 0. The molecule has 9 heteroatoms. The van der Waals surface area contributed by atoms with Crippen LogP contribution in [0.1, 0.15) is 32.1 Å². The van der Waals surface area contributed by atoms with Crippen LogP contribution in [0.2, 0.25) is 0 Å². The molecule has 1 aromatic carbocycles. The van der Waals surface area contributed by atoms with E-state index < -0.39 is 15.8 Å². The second kappa shape index (κ2) is 8.57. The monoisotopic (exact) mass is 411 g/mol. The first-order valence-corrected chi connectivity index (χ1v) is 11.0. The molecule has 3 rings (SSSR count). The van der Waals surface area contributed by atoms with Crippen molar-refractivity contribution in [3.8, 4) is 0 Å². The van der Waals surface area contributed by atoms with Gasteiger partial charge in [0.15, 0.2) is 0 Å². The highest BCUT2D eigenvalue weighted by atomic mass is 32.2. The Hall–Kier alpha value is -2.00. The van der Waals surface area contributed by atoms with Crippen molar-refractivity contribution in [1.82, 2.24) is 14.5 Å². The highest BCUT2D eigenvalue weighted by molar-refractivity contribution is 7.89. The lowest BCUT2D eigenvalue weighted by Gasteiger charge is -2.41. The number of hydrogen-bond donors (Lipinski definition) is 1. The SMILES string of the molecule is CN(CCCC(=O)N1CC(NC(=O)C2CCC2)C1)S(=O)(=O)c1ccc(F)cc1. The van der Waals surface area contributed by atoms with Crippen LogP contribution in [0.4, 0.5) is 4.39 Å². The minimum atomic E-state index is -3.70. The maximum Gasteiger partial charge on any atom is 0.242 e. The molecule has 1 saturated carbocycles. The smallest absolute Gasteiger partial charge is 0.242 e. The molecule has 28 heavy (non-hydrogen) atoms. The maximum absolute atomic E-state index is 13.0. The normalized spacial score (nSPS) is 17.9. The molecule has 2 fully saturated rings. The average Bonchev–Trinajstić information content (AvgIpc) is 2.56. The van der Waals surface area contributed by atoms with Crippen molar-refractivity contribution in [2.24, 2.45) is 5.92 Å². The van der Waals surface area contributed by atoms with Gasteiger partial charge in [0.05, 0.1) is 10.9 Å². The molecule has 7 nitrogen and oxygen atoms in total. The summed E-state index contributed by atoms with van der Waals surface area (Å²) in [6.45, 7) is 1.23. The van der Waals surface area contributed by atoms with Crippen molar-refractivity contribution >= 4 is 21.8 Å². The molecule has 1 saturated heterocycles. The third-order valence-electron chi connectivity index (χ3n) is 5.44. The van der Waals surface area contributed by atoms with Gasteiger partial charge < -0.3 is 10.2 Å². The fraction of sp³-hybridized carbons (Fsp3) is 0.579. The van der Waals surface area contributed by atoms with E-state index in [0.29, 0.717) is 19.5 Å². The number of sulfonamides is 1.